The summed E-state index contributed by atoms with van der Waals surface area (Å²) < 4.78 is 68.4. The van der Waals surface area contributed by atoms with E-state index in [1.807, 2.05) is 0 Å². The van der Waals surface area contributed by atoms with Crippen LogP contribution in [0.3, 0.4) is 0 Å². The molecule has 0 aliphatic rings. The second kappa shape index (κ2) is 6.47. The van der Waals surface area contributed by atoms with Crippen LogP contribution in [0, 0.1) is 11.6 Å². The number of rotatable bonds is 3. The van der Waals surface area contributed by atoms with Crippen LogP contribution in [0.4, 0.5) is 22.0 Å². The molecule has 0 saturated heterocycles. The van der Waals surface area contributed by atoms with Crippen molar-refractivity contribution in [2.75, 3.05) is 0 Å². The molecule has 0 radical (unpaired) electrons. The van der Waals surface area contributed by atoms with Crippen molar-refractivity contribution in [1.82, 2.24) is 14.8 Å². The molecule has 4 aromatic rings. The van der Waals surface area contributed by atoms with Crippen LogP contribution >= 0.6 is 0 Å². The van der Waals surface area contributed by atoms with Gasteiger partial charge in [0.25, 0.3) is 0 Å². The Morgan fingerprint density at radius 3 is 2.36 bits per heavy atom. The number of aryl methyl sites for hydroxylation is 1. The van der Waals surface area contributed by atoms with Crippen LogP contribution in [0.2, 0.25) is 0 Å². The van der Waals surface area contributed by atoms with Crippen LogP contribution in [-0.2, 0) is 12.7 Å². The topological polar surface area (TPSA) is 33.6 Å². The summed E-state index contributed by atoms with van der Waals surface area (Å²) in [6, 6.07) is 11.1. The van der Waals surface area contributed by atoms with Gasteiger partial charge < -0.3 is 4.98 Å². The van der Waals surface area contributed by atoms with Gasteiger partial charge in [0.15, 0.2) is 5.69 Å². The van der Waals surface area contributed by atoms with Crippen molar-refractivity contribution in [2.24, 2.45) is 0 Å². The Labute approximate surface area is 156 Å². The van der Waals surface area contributed by atoms with Crippen molar-refractivity contribution in [3.05, 3.63) is 65.9 Å². The maximum absolute atomic E-state index is 14.0. The molecular weight excluding hydrogens is 377 g/mol. The maximum atomic E-state index is 14.0. The van der Waals surface area contributed by atoms with Gasteiger partial charge in [0.05, 0.1) is 17.0 Å². The molecule has 0 spiro atoms. The standard InChI is InChI=1S/C20H14F5N3/c1-2-28-17(10-18(27-28)20(23,24)25)11-6-7-15-12(8-11)9-16(26-15)19-13(21)4-3-5-14(19)22/h3-10,26H,2H2,1H3. The molecule has 28 heavy (non-hydrogen) atoms. The zero-order valence-electron chi connectivity index (χ0n) is 14.6. The summed E-state index contributed by atoms with van der Waals surface area (Å²) >= 11 is 0. The number of alkyl halides is 3. The molecule has 2 aromatic heterocycles. The van der Waals surface area contributed by atoms with E-state index in [4.69, 9.17) is 0 Å². The molecule has 8 heteroatoms. The van der Waals surface area contributed by atoms with E-state index in [1.165, 1.54) is 10.7 Å². The number of fused-ring (bicyclic) bond motifs is 1. The van der Waals surface area contributed by atoms with E-state index >= 15 is 0 Å². The summed E-state index contributed by atoms with van der Waals surface area (Å²) in [6.45, 7) is 1.97. The number of halogens is 5. The summed E-state index contributed by atoms with van der Waals surface area (Å²) in [5.74, 6) is -1.41. The fraction of sp³-hybridized carbons (Fsp3) is 0.150. The minimum atomic E-state index is -4.54. The van der Waals surface area contributed by atoms with Crippen LogP contribution in [0.5, 0.6) is 0 Å². The van der Waals surface area contributed by atoms with Crippen molar-refractivity contribution in [2.45, 2.75) is 19.6 Å². The number of benzene rings is 2. The monoisotopic (exact) mass is 391 g/mol. The van der Waals surface area contributed by atoms with Gasteiger partial charge in [-0.3, -0.25) is 4.68 Å². The highest BCUT2D eigenvalue weighted by Gasteiger charge is 2.35. The summed E-state index contributed by atoms with van der Waals surface area (Å²) in [6.07, 6.45) is -4.54. The minimum Gasteiger partial charge on any atom is -0.354 e. The third-order valence-corrected chi connectivity index (χ3v) is 4.52. The predicted octanol–water partition coefficient (Wildman–Crippen LogP) is 6.02. The lowest BCUT2D eigenvalue weighted by molar-refractivity contribution is -0.141. The third kappa shape index (κ3) is 3.04. The predicted molar refractivity (Wildman–Crippen MR) is 95.5 cm³/mol. The molecule has 0 aliphatic carbocycles. The molecule has 0 amide bonds. The molecule has 144 valence electrons. The molecule has 3 nitrogen and oxygen atoms in total. The van der Waals surface area contributed by atoms with E-state index in [-0.39, 0.29) is 17.8 Å². The van der Waals surface area contributed by atoms with Gasteiger partial charge in [0, 0.05) is 23.0 Å². The van der Waals surface area contributed by atoms with Gasteiger partial charge in [-0.25, -0.2) is 8.78 Å². The van der Waals surface area contributed by atoms with E-state index < -0.39 is 23.5 Å². The highest BCUT2D eigenvalue weighted by molar-refractivity contribution is 5.89. The Balaban J connectivity index is 1.83. The fourth-order valence-corrected chi connectivity index (χ4v) is 3.21. The lowest BCUT2D eigenvalue weighted by Crippen LogP contribution is -2.07. The van der Waals surface area contributed by atoms with Gasteiger partial charge >= 0.3 is 6.18 Å². The molecule has 1 N–H and O–H groups in total. The first-order valence-corrected chi connectivity index (χ1v) is 8.50. The zero-order chi connectivity index (χ0) is 20.1. The first-order chi connectivity index (χ1) is 13.3. The average Bonchev–Trinajstić information content (AvgIpc) is 3.24. The maximum Gasteiger partial charge on any atom is 0.435 e. The summed E-state index contributed by atoms with van der Waals surface area (Å²) in [7, 11) is 0. The first-order valence-electron chi connectivity index (χ1n) is 8.50. The average molecular weight is 391 g/mol. The van der Waals surface area contributed by atoms with Gasteiger partial charge in [-0.1, -0.05) is 12.1 Å². The Kier molecular flexibility index (Phi) is 4.21. The molecule has 0 bridgehead atoms. The smallest absolute Gasteiger partial charge is 0.354 e. The van der Waals surface area contributed by atoms with E-state index in [2.05, 4.69) is 10.1 Å². The third-order valence-electron chi connectivity index (χ3n) is 4.52. The summed E-state index contributed by atoms with van der Waals surface area (Å²) in [5, 5.41) is 4.24. The molecule has 0 unspecified atom stereocenters. The SMILES string of the molecule is CCn1nc(C(F)(F)F)cc1-c1ccc2[nH]c(-c3c(F)cccc3F)cc2c1. The van der Waals surface area contributed by atoms with Crippen LogP contribution in [0.15, 0.2) is 48.5 Å². The molecular formula is C20H14F5N3. The number of nitrogens with zero attached hydrogens (tertiary/aromatic N) is 2. The molecule has 0 atom stereocenters. The van der Waals surface area contributed by atoms with Gasteiger partial charge in [-0.2, -0.15) is 18.3 Å². The Hall–Kier alpha value is -3.16. The molecule has 2 aromatic carbocycles. The Morgan fingerprint density at radius 2 is 1.71 bits per heavy atom. The fourth-order valence-electron chi connectivity index (χ4n) is 3.21. The number of hydrogen-bond acceptors (Lipinski definition) is 1. The largest absolute Gasteiger partial charge is 0.435 e. The molecule has 4 rings (SSSR count). The van der Waals surface area contributed by atoms with Gasteiger partial charge in [-0.15, -0.1) is 0 Å². The number of nitrogens with one attached hydrogen (secondary N) is 1. The van der Waals surface area contributed by atoms with Crippen LogP contribution < -0.4 is 0 Å². The lowest BCUT2D eigenvalue weighted by Gasteiger charge is -2.04. The van der Waals surface area contributed by atoms with Crippen LogP contribution in [-0.4, -0.2) is 14.8 Å². The van der Waals surface area contributed by atoms with Crippen molar-refractivity contribution in [3.63, 3.8) is 0 Å². The number of aromatic nitrogens is 3. The van der Waals surface area contributed by atoms with Crippen molar-refractivity contribution >= 4 is 10.9 Å². The lowest BCUT2D eigenvalue weighted by atomic mass is 10.1. The normalized spacial score (nSPS) is 12.1. The Bertz CT molecular complexity index is 1150. The summed E-state index contributed by atoms with van der Waals surface area (Å²) in [4.78, 5) is 2.95. The number of aromatic amines is 1. The van der Waals surface area contributed by atoms with Crippen molar-refractivity contribution in [3.8, 4) is 22.5 Å². The highest BCUT2D eigenvalue weighted by atomic mass is 19.4. The molecule has 0 fully saturated rings. The zero-order valence-corrected chi connectivity index (χ0v) is 14.6. The number of hydrogen-bond donors (Lipinski definition) is 1. The Morgan fingerprint density at radius 1 is 1.00 bits per heavy atom. The quantitative estimate of drug-likeness (QED) is 0.426. The van der Waals surface area contributed by atoms with Gasteiger partial charge in [0.1, 0.15) is 11.6 Å². The second-order valence-corrected chi connectivity index (χ2v) is 6.31. The molecule has 0 saturated carbocycles. The van der Waals surface area contributed by atoms with Crippen LogP contribution in [0.25, 0.3) is 33.4 Å². The van der Waals surface area contributed by atoms with Gasteiger partial charge in [-0.05, 0) is 43.3 Å². The highest BCUT2D eigenvalue weighted by Crippen LogP contribution is 2.34. The van der Waals surface area contributed by atoms with Gasteiger partial charge in [0.2, 0.25) is 0 Å². The minimum absolute atomic E-state index is 0.182. The number of H-pyrrole nitrogens is 1. The molecule has 0 aliphatic heterocycles. The van der Waals surface area contributed by atoms with Crippen molar-refractivity contribution < 1.29 is 22.0 Å². The van der Waals surface area contributed by atoms with Crippen LogP contribution in [0.1, 0.15) is 12.6 Å². The van der Waals surface area contributed by atoms with E-state index in [1.54, 1.807) is 31.2 Å². The van der Waals surface area contributed by atoms with E-state index in [9.17, 15) is 22.0 Å². The van der Waals surface area contributed by atoms with E-state index in [0.717, 1.165) is 18.2 Å². The second-order valence-electron chi connectivity index (χ2n) is 6.31. The first kappa shape index (κ1) is 18.2. The van der Waals surface area contributed by atoms with Crippen molar-refractivity contribution in [1.29, 1.82) is 0 Å². The summed E-state index contributed by atoms with van der Waals surface area (Å²) in [5.41, 5.74) is 0.557. The van der Waals surface area contributed by atoms with E-state index in [0.29, 0.717) is 22.2 Å². The molecule has 2 heterocycles.